The lowest BCUT2D eigenvalue weighted by Gasteiger charge is -2.07. The molecule has 0 radical (unpaired) electrons. The minimum absolute atomic E-state index is 1.22. The van der Waals surface area contributed by atoms with Crippen LogP contribution in [0.1, 0.15) is 576 Å². The van der Waals surface area contributed by atoms with Crippen molar-refractivity contribution in [2.24, 2.45) is 0 Å². The van der Waals surface area contributed by atoms with Gasteiger partial charge in [0.25, 0.3) is 0 Å². The van der Waals surface area contributed by atoms with Gasteiger partial charge in [0.15, 0.2) is 0 Å². The first-order valence-corrected chi connectivity index (χ1v) is 56.8. The standard InChI is InChI=1S/C110H192S5/c1-6-11-16-21-26-31-36-41-46-51-56-61-66-71-76-81-86-98-91-93-111-106(98)103-95-100(88-83-78-73-68-63-58-53-48-43-38-33-28-23-18-13-8-3)108(113-103)105-97-102(90-85-80-75-70-65-60-55-50-45-40-35-30-25-20-15-10-5)110(115-105)109-101(89-84-79-74-69-64-59-54-49-44-39-34-29-24-19-14-9-4)96-104(114-109)107-99(92-94-112-107)87-82-77-72-67-62-57-52-47-42-37-32-27-22-17-12-7-2/h91-97H,6-90H2,1-5H3. The third-order valence-corrected chi connectivity index (χ3v) is 32.4. The average molecular weight is 1680 g/mol. The highest BCUT2D eigenvalue weighted by atomic mass is 32.1. The summed E-state index contributed by atoms with van der Waals surface area (Å²) < 4.78 is 0. The van der Waals surface area contributed by atoms with Crippen molar-refractivity contribution in [2.45, 2.75) is 580 Å². The fourth-order valence-corrected chi connectivity index (χ4v) is 24.8. The van der Waals surface area contributed by atoms with Crippen molar-refractivity contribution in [2.75, 3.05) is 0 Å². The molecular formula is C110H192S5. The molecule has 115 heavy (non-hydrogen) atoms. The van der Waals surface area contributed by atoms with Gasteiger partial charge in [-0.15, -0.1) is 56.7 Å². The van der Waals surface area contributed by atoms with Crippen LogP contribution in [0.4, 0.5) is 0 Å². The van der Waals surface area contributed by atoms with Crippen LogP contribution < -0.4 is 0 Å². The van der Waals surface area contributed by atoms with Gasteiger partial charge in [0.1, 0.15) is 0 Å². The van der Waals surface area contributed by atoms with Crippen molar-refractivity contribution in [3.8, 4) is 39.0 Å². The van der Waals surface area contributed by atoms with Crippen LogP contribution in [0.15, 0.2) is 41.1 Å². The third-order valence-electron chi connectivity index (χ3n) is 26.3. The SMILES string of the molecule is CCCCCCCCCCCCCCCCCCc1ccsc1-c1cc(CCCCCCCCCCCCCCCCCC)c(-c2cc(CCCCCCCCCCCCCCCCCC)c(-c3sc(-c4sccc4CCCCCCCCCCCCCCCCCC)cc3CCCCCCCCCCCCCCCCCC)s2)s1. The van der Waals surface area contributed by atoms with Crippen molar-refractivity contribution in [3.63, 3.8) is 0 Å². The fourth-order valence-electron chi connectivity index (χ4n) is 18.6. The molecule has 0 aliphatic carbocycles. The second-order valence-electron chi connectivity index (χ2n) is 37.2. The van der Waals surface area contributed by atoms with Gasteiger partial charge in [-0.25, -0.2) is 0 Å². The van der Waals surface area contributed by atoms with Gasteiger partial charge in [0, 0.05) is 39.0 Å². The highest BCUT2D eigenvalue weighted by molar-refractivity contribution is 7.29. The number of unbranched alkanes of at least 4 members (excludes halogenated alkanes) is 75. The van der Waals surface area contributed by atoms with Crippen molar-refractivity contribution in [3.05, 3.63) is 68.9 Å². The molecule has 0 saturated heterocycles. The molecule has 0 aromatic carbocycles. The van der Waals surface area contributed by atoms with E-state index in [1.807, 2.05) is 11.3 Å². The zero-order chi connectivity index (χ0) is 81.1. The van der Waals surface area contributed by atoms with E-state index in [0.29, 0.717) is 0 Å². The largest absolute Gasteiger partial charge is 0.143 e. The maximum absolute atomic E-state index is 2.80. The van der Waals surface area contributed by atoms with E-state index >= 15 is 0 Å². The lowest BCUT2D eigenvalue weighted by molar-refractivity contribution is 0.529. The number of hydrogen-bond donors (Lipinski definition) is 0. The summed E-state index contributed by atoms with van der Waals surface area (Å²) in [5, 5.41) is 4.90. The zero-order valence-electron chi connectivity index (χ0n) is 77.7. The Morgan fingerprint density at radius 2 is 0.287 bits per heavy atom. The van der Waals surface area contributed by atoms with Crippen molar-refractivity contribution in [1.29, 1.82) is 0 Å². The van der Waals surface area contributed by atoms with E-state index in [2.05, 4.69) is 121 Å². The Labute approximate surface area is 739 Å². The molecular weight excluding hydrogens is 1480 g/mol. The maximum atomic E-state index is 2.80. The van der Waals surface area contributed by atoms with Gasteiger partial charge in [-0.2, -0.15) is 0 Å². The van der Waals surface area contributed by atoms with Gasteiger partial charge in [0.05, 0.1) is 0 Å². The molecule has 0 spiro atoms. The molecule has 0 fully saturated rings. The van der Waals surface area contributed by atoms with Gasteiger partial charge in [-0.1, -0.05) is 516 Å². The normalized spacial score (nSPS) is 11.9. The van der Waals surface area contributed by atoms with Crippen LogP contribution in [0.5, 0.6) is 0 Å². The average Bonchev–Trinajstić information content (AvgIpc) is 1.62. The van der Waals surface area contributed by atoms with Crippen molar-refractivity contribution in [1.82, 2.24) is 0 Å². The second-order valence-corrected chi connectivity index (χ2v) is 42.2. The molecule has 0 atom stereocenters. The Morgan fingerprint density at radius 1 is 0.148 bits per heavy atom. The molecule has 662 valence electrons. The molecule has 0 amide bonds. The van der Waals surface area contributed by atoms with E-state index in [1.54, 1.807) is 66.8 Å². The molecule has 0 saturated carbocycles. The van der Waals surface area contributed by atoms with Crippen LogP contribution >= 0.6 is 56.7 Å². The molecule has 0 bridgehead atoms. The number of rotatable bonds is 89. The van der Waals surface area contributed by atoms with E-state index < -0.39 is 0 Å². The van der Waals surface area contributed by atoms with Gasteiger partial charge in [-0.05, 0) is 133 Å². The monoisotopic (exact) mass is 1670 g/mol. The molecule has 5 aromatic rings. The van der Waals surface area contributed by atoms with Crippen LogP contribution in [0.25, 0.3) is 39.0 Å². The Bertz CT molecular complexity index is 2820. The van der Waals surface area contributed by atoms with E-state index in [4.69, 9.17) is 0 Å². The topological polar surface area (TPSA) is 0 Å². The van der Waals surface area contributed by atoms with E-state index in [0.717, 1.165) is 0 Å². The number of thiophene rings is 5. The van der Waals surface area contributed by atoms with Crippen LogP contribution in [-0.2, 0) is 32.1 Å². The number of aryl methyl sites for hydroxylation is 5. The van der Waals surface area contributed by atoms with E-state index in [1.165, 1.54) is 546 Å². The highest BCUT2D eigenvalue weighted by Crippen LogP contribution is 2.51. The lowest BCUT2D eigenvalue weighted by Crippen LogP contribution is -1.90. The van der Waals surface area contributed by atoms with Crippen LogP contribution in [0.3, 0.4) is 0 Å². The lowest BCUT2D eigenvalue weighted by atomic mass is 10.00. The molecule has 5 heteroatoms. The summed E-state index contributed by atoms with van der Waals surface area (Å²) in [7, 11) is 0. The second kappa shape index (κ2) is 77.3. The van der Waals surface area contributed by atoms with Crippen molar-refractivity contribution >= 4 is 56.7 Å². The Kier molecular flexibility index (Phi) is 69.9. The molecule has 5 aromatic heterocycles. The van der Waals surface area contributed by atoms with E-state index in [9.17, 15) is 0 Å². The van der Waals surface area contributed by atoms with Crippen molar-refractivity contribution < 1.29 is 0 Å². The molecule has 0 unspecified atom stereocenters. The van der Waals surface area contributed by atoms with Gasteiger partial charge >= 0.3 is 0 Å². The Balaban J connectivity index is 1.33. The summed E-state index contributed by atoms with van der Waals surface area (Å²) in [6, 6.07) is 13.4. The van der Waals surface area contributed by atoms with Gasteiger partial charge in [-0.3, -0.25) is 0 Å². The maximum Gasteiger partial charge on any atom is 0.0484 e. The predicted molar refractivity (Wildman–Crippen MR) is 534 cm³/mol. The Morgan fingerprint density at radius 3 is 0.470 bits per heavy atom. The summed E-state index contributed by atoms with van der Waals surface area (Å²) in [6.45, 7) is 11.7. The minimum atomic E-state index is 1.22. The molecule has 0 aliphatic heterocycles. The molecule has 5 rings (SSSR count). The summed E-state index contributed by atoms with van der Waals surface area (Å²) in [5.74, 6) is 0. The molecule has 0 aliphatic rings. The predicted octanol–water partition coefficient (Wildman–Crippen LogP) is 42.7. The van der Waals surface area contributed by atoms with Crippen LogP contribution in [-0.4, -0.2) is 0 Å². The smallest absolute Gasteiger partial charge is 0.0484 e. The summed E-state index contributed by atoms with van der Waals surface area (Å²) in [5.41, 5.74) is 8.26. The summed E-state index contributed by atoms with van der Waals surface area (Å²) in [4.78, 5) is 12.8. The van der Waals surface area contributed by atoms with Gasteiger partial charge < -0.3 is 0 Å². The molecule has 0 nitrogen and oxygen atoms in total. The van der Waals surface area contributed by atoms with E-state index in [-0.39, 0.29) is 0 Å². The quantitative estimate of drug-likeness (QED) is 0.0340. The summed E-state index contributed by atoms with van der Waals surface area (Å²) in [6.07, 6.45) is 121. The first-order valence-electron chi connectivity index (χ1n) is 52.6. The molecule has 0 N–H and O–H groups in total. The van der Waals surface area contributed by atoms with Crippen LogP contribution in [0, 0.1) is 0 Å². The third kappa shape index (κ3) is 53.3. The summed E-state index contributed by atoms with van der Waals surface area (Å²) >= 11 is 10.7. The van der Waals surface area contributed by atoms with Gasteiger partial charge in [0.2, 0.25) is 0 Å². The highest BCUT2D eigenvalue weighted by Gasteiger charge is 2.24. The fraction of sp³-hybridized carbons (Fsp3) is 0.818. The minimum Gasteiger partial charge on any atom is -0.143 e. The Hall–Kier alpha value is -1.50. The first-order chi connectivity index (χ1) is 57.1. The number of hydrogen-bond acceptors (Lipinski definition) is 5. The first kappa shape index (κ1) is 104. The molecule has 5 heterocycles. The van der Waals surface area contributed by atoms with Crippen LogP contribution in [0.2, 0.25) is 0 Å². The zero-order valence-corrected chi connectivity index (χ0v) is 81.8.